The summed E-state index contributed by atoms with van der Waals surface area (Å²) >= 11 is 0. The number of rotatable bonds is 2. The minimum Gasteiger partial charge on any atom is -0.323 e. The number of hydrogen-bond donors (Lipinski definition) is 1. The fraction of sp³-hybridized carbons (Fsp3) is 0.200. The molecular formula is C10H10ClN3. The van der Waals surface area contributed by atoms with Gasteiger partial charge in [-0.1, -0.05) is 18.2 Å². The molecule has 1 aromatic rings. The predicted molar refractivity (Wildman–Crippen MR) is 55.6 cm³/mol. The molecular weight excluding hydrogens is 198 g/mol. The number of halogens is 1. The van der Waals surface area contributed by atoms with Gasteiger partial charge in [-0.05, 0) is 11.6 Å². The average Bonchev–Trinajstić information content (AvgIpc) is 2.18. The van der Waals surface area contributed by atoms with Crippen LogP contribution < -0.4 is 5.73 Å². The Balaban J connectivity index is 0.00000169. The second-order valence-electron chi connectivity index (χ2n) is 2.67. The summed E-state index contributed by atoms with van der Waals surface area (Å²) in [5.41, 5.74) is 7.00. The number of nitrogens with two attached hydrogens (primary N) is 1. The first-order valence-corrected chi connectivity index (χ1v) is 3.91. The van der Waals surface area contributed by atoms with E-state index >= 15 is 0 Å². The summed E-state index contributed by atoms with van der Waals surface area (Å²) in [5.74, 6) is 0. The highest BCUT2D eigenvalue weighted by Crippen LogP contribution is 2.17. The Morgan fingerprint density at radius 3 is 2.50 bits per heavy atom. The van der Waals surface area contributed by atoms with Crippen LogP contribution in [0, 0.1) is 22.7 Å². The maximum atomic E-state index is 8.75. The highest BCUT2D eigenvalue weighted by atomic mass is 35.5. The zero-order valence-corrected chi connectivity index (χ0v) is 8.29. The van der Waals surface area contributed by atoms with Crippen molar-refractivity contribution in [2.24, 2.45) is 5.73 Å². The van der Waals surface area contributed by atoms with E-state index in [-0.39, 0.29) is 24.9 Å². The molecule has 14 heavy (non-hydrogen) atoms. The number of benzene rings is 1. The maximum Gasteiger partial charge on any atom is 0.0995 e. The van der Waals surface area contributed by atoms with Gasteiger partial charge in [-0.2, -0.15) is 10.5 Å². The van der Waals surface area contributed by atoms with Crippen LogP contribution in [0.1, 0.15) is 23.6 Å². The Hall–Kier alpha value is -1.55. The summed E-state index contributed by atoms with van der Waals surface area (Å²) < 4.78 is 0. The van der Waals surface area contributed by atoms with E-state index in [2.05, 4.69) is 0 Å². The molecule has 3 nitrogen and oxygen atoms in total. The molecule has 0 aliphatic carbocycles. The summed E-state index contributed by atoms with van der Waals surface area (Å²) in [6.45, 7) is 0. The van der Waals surface area contributed by atoms with Crippen LogP contribution in [0.2, 0.25) is 0 Å². The summed E-state index contributed by atoms with van der Waals surface area (Å²) in [4.78, 5) is 0. The predicted octanol–water partition coefficient (Wildman–Crippen LogP) is 1.89. The topological polar surface area (TPSA) is 73.6 Å². The van der Waals surface area contributed by atoms with Gasteiger partial charge < -0.3 is 5.73 Å². The minimum absolute atomic E-state index is 0. The van der Waals surface area contributed by atoms with Gasteiger partial charge in [0.25, 0.3) is 0 Å². The molecule has 2 N–H and O–H groups in total. The Bertz CT molecular complexity index is 376. The first-order valence-electron chi connectivity index (χ1n) is 3.91. The van der Waals surface area contributed by atoms with Crippen molar-refractivity contribution in [3.8, 4) is 12.1 Å². The van der Waals surface area contributed by atoms with Gasteiger partial charge in [0.2, 0.25) is 0 Å². The highest BCUT2D eigenvalue weighted by molar-refractivity contribution is 5.85. The van der Waals surface area contributed by atoms with Gasteiger partial charge in [0.15, 0.2) is 0 Å². The van der Waals surface area contributed by atoms with E-state index in [1.165, 1.54) is 0 Å². The molecule has 0 radical (unpaired) electrons. The smallest absolute Gasteiger partial charge is 0.0995 e. The lowest BCUT2D eigenvalue weighted by molar-refractivity contribution is 0.746. The maximum absolute atomic E-state index is 8.75. The zero-order chi connectivity index (χ0) is 9.68. The molecule has 0 bridgehead atoms. The van der Waals surface area contributed by atoms with Crippen LogP contribution >= 0.6 is 12.4 Å². The molecule has 0 heterocycles. The van der Waals surface area contributed by atoms with Gasteiger partial charge in [0.05, 0.1) is 24.1 Å². The molecule has 0 aliphatic rings. The van der Waals surface area contributed by atoms with E-state index in [4.69, 9.17) is 16.3 Å². The first kappa shape index (κ1) is 12.4. The molecule has 0 unspecified atom stereocenters. The standard InChI is InChI=1S/C10H9N3.ClH/c11-6-5-10(13)9-4-2-1-3-8(9)7-12;/h1-4,10H,5,13H2;1H/t10-;/m1./s1. The summed E-state index contributed by atoms with van der Waals surface area (Å²) in [7, 11) is 0. The molecule has 0 fully saturated rings. The lowest BCUT2D eigenvalue weighted by Crippen LogP contribution is -2.10. The van der Waals surface area contributed by atoms with Crippen molar-refractivity contribution >= 4 is 12.4 Å². The van der Waals surface area contributed by atoms with E-state index < -0.39 is 0 Å². The van der Waals surface area contributed by atoms with E-state index in [1.807, 2.05) is 18.2 Å². The van der Waals surface area contributed by atoms with Crippen LogP contribution in [0.15, 0.2) is 24.3 Å². The first-order chi connectivity index (χ1) is 6.29. The van der Waals surface area contributed by atoms with Crippen molar-refractivity contribution in [3.63, 3.8) is 0 Å². The van der Waals surface area contributed by atoms with Crippen LogP contribution in [0.3, 0.4) is 0 Å². The Morgan fingerprint density at radius 1 is 1.29 bits per heavy atom. The van der Waals surface area contributed by atoms with Gasteiger partial charge in [-0.25, -0.2) is 0 Å². The van der Waals surface area contributed by atoms with E-state index in [1.54, 1.807) is 18.2 Å². The van der Waals surface area contributed by atoms with Crippen molar-refractivity contribution in [2.75, 3.05) is 0 Å². The Morgan fingerprint density at radius 2 is 1.93 bits per heavy atom. The third-order valence-corrected chi connectivity index (χ3v) is 1.79. The van der Waals surface area contributed by atoms with E-state index in [0.717, 1.165) is 5.56 Å². The molecule has 0 aliphatic heterocycles. The average molecular weight is 208 g/mol. The SMILES string of the molecule is Cl.N#CC[C@@H](N)c1ccccc1C#N. The third kappa shape index (κ3) is 2.74. The van der Waals surface area contributed by atoms with Crippen LogP contribution in [0.4, 0.5) is 0 Å². The van der Waals surface area contributed by atoms with Gasteiger partial charge in [-0.15, -0.1) is 12.4 Å². The van der Waals surface area contributed by atoms with E-state index in [0.29, 0.717) is 5.56 Å². The van der Waals surface area contributed by atoms with Gasteiger partial charge in [0, 0.05) is 6.04 Å². The second kappa shape index (κ2) is 5.99. The molecule has 0 saturated carbocycles. The quantitative estimate of drug-likeness (QED) is 0.805. The monoisotopic (exact) mass is 207 g/mol. The van der Waals surface area contributed by atoms with Gasteiger partial charge in [0.1, 0.15) is 0 Å². The highest BCUT2D eigenvalue weighted by Gasteiger charge is 2.08. The molecule has 1 rings (SSSR count). The number of nitrogens with zero attached hydrogens (tertiary/aromatic N) is 2. The fourth-order valence-corrected chi connectivity index (χ4v) is 1.13. The molecule has 72 valence electrons. The fourth-order valence-electron chi connectivity index (χ4n) is 1.13. The molecule has 0 spiro atoms. The summed E-state index contributed by atoms with van der Waals surface area (Å²) in [6, 6.07) is 10.7. The minimum atomic E-state index is -0.360. The van der Waals surface area contributed by atoms with Crippen LogP contribution in [0.25, 0.3) is 0 Å². The Kier molecular flexibility index (Phi) is 5.33. The van der Waals surface area contributed by atoms with Crippen LogP contribution in [0.5, 0.6) is 0 Å². The summed E-state index contributed by atoms with van der Waals surface area (Å²) in [5, 5.41) is 17.2. The van der Waals surface area contributed by atoms with Crippen LogP contribution in [-0.4, -0.2) is 0 Å². The van der Waals surface area contributed by atoms with Crippen molar-refractivity contribution in [2.45, 2.75) is 12.5 Å². The second-order valence-corrected chi connectivity index (χ2v) is 2.67. The van der Waals surface area contributed by atoms with Crippen molar-refractivity contribution in [1.29, 1.82) is 10.5 Å². The van der Waals surface area contributed by atoms with Crippen molar-refractivity contribution < 1.29 is 0 Å². The lowest BCUT2D eigenvalue weighted by atomic mass is 10.00. The lowest BCUT2D eigenvalue weighted by Gasteiger charge is -2.08. The van der Waals surface area contributed by atoms with Crippen LogP contribution in [-0.2, 0) is 0 Å². The molecule has 0 amide bonds. The Labute approximate surface area is 89.2 Å². The third-order valence-electron chi connectivity index (χ3n) is 1.79. The summed E-state index contributed by atoms with van der Waals surface area (Å²) in [6.07, 6.45) is 0.235. The van der Waals surface area contributed by atoms with Gasteiger partial charge >= 0.3 is 0 Å². The molecule has 4 heteroatoms. The zero-order valence-electron chi connectivity index (χ0n) is 7.47. The molecule has 0 aromatic heterocycles. The normalized spacial score (nSPS) is 10.5. The van der Waals surface area contributed by atoms with Crippen molar-refractivity contribution in [3.05, 3.63) is 35.4 Å². The molecule has 1 aromatic carbocycles. The van der Waals surface area contributed by atoms with Crippen molar-refractivity contribution in [1.82, 2.24) is 0 Å². The molecule has 0 saturated heterocycles. The number of hydrogen-bond acceptors (Lipinski definition) is 3. The van der Waals surface area contributed by atoms with E-state index in [9.17, 15) is 0 Å². The molecule has 1 atom stereocenters. The number of nitriles is 2. The largest absolute Gasteiger partial charge is 0.323 e. The van der Waals surface area contributed by atoms with Gasteiger partial charge in [-0.3, -0.25) is 0 Å².